The largest absolute Gasteiger partial charge is 0.369 e. The van der Waals surface area contributed by atoms with Crippen LogP contribution in [-0.4, -0.2) is 35.6 Å². The zero-order chi connectivity index (χ0) is 12.7. The summed E-state index contributed by atoms with van der Waals surface area (Å²) in [6.45, 7) is 4.33. The van der Waals surface area contributed by atoms with Crippen LogP contribution in [0.3, 0.4) is 0 Å². The highest BCUT2D eigenvalue weighted by atomic mass is 15.2. The third-order valence-electron chi connectivity index (χ3n) is 4.47. The molecule has 0 radical (unpaired) electrons. The molecule has 2 aromatic rings. The van der Waals surface area contributed by atoms with Gasteiger partial charge in [0.25, 0.3) is 0 Å². The third-order valence-corrected chi connectivity index (χ3v) is 4.47. The van der Waals surface area contributed by atoms with Crippen LogP contribution < -0.4 is 10.2 Å². The second-order valence-corrected chi connectivity index (χ2v) is 5.68. The maximum Gasteiger partial charge on any atom is 0.139 e. The Labute approximate surface area is 113 Å². The average molecular weight is 256 g/mol. The molecule has 2 aliphatic rings. The summed E-state index contributed by atoms with van der Waals surface area (Å²) in [5, 5.41) is 3.39. The lowest BCUT2D eigenvalue weighted by Gasteiger charge is -2.29. The molecule has 0 bridgehead atoms. The number of nitrogens with zero attached hydrogens (tertiary/aromatic N) is 3. The molecule has 0 atom stereocenters. The van der Waals surface area contributed by atoms with E-state index in [4.69, 9.17) is 4.98 Å². The van der Waals surface area contributed by atoms with Crippen LogP contribution in [0.15, 0.2) is 24.5 Å². The van der Waals surface area contributed by atoms with Gasteiger partial charge in [0.1, 0.15) is 5.65 Å². The van der Waals surface area contributed by atoms with Crippen molar-refractivity contribution in [1.82, 2.24) is 14.7 Å². The molecular formula is C15H20N4. The molecule has 2 fully saturated rings. The van der Waals surface area contributed by atoms with Crippen molar-refractivity contribution in [3.63, 3.8) is 0 Å². The molecule has 4 heteroatoms. The van der Waals surface area contributed by atoms with Crippen LogP contribution in [0.25, 0.3) is 5.65 Å². The predicted octanol–water partition coefficient (Wildman–Crippen LogP) is 2.01. The van der Waals surface area contributed by atoms with Crippen molar-refractivity contribution in [2.75, 3.05) is 31.1 Å². The molecule has 0 spiro atoms. The van der Waals surface area contributed by atoms with Gasteiger partial charge in [0.15, 0.2) is 0 Å². The number of rotatable bonds is 2. The Hall–Kier alpha value is -1.55. The highest BCUT2D eigenvalue weighted by molar-refractivity contribution is 5.57. The van der Waals surface area contributed by atoms with Crippen molar-refractivity contribution in [2.45, 2.75) is 25.2 Å². The number of hydrogen-bond acceptors (Lipinski definition) is 3. The molecule has 0 unspecified atom stereocenters. The van der Waals surface area contributed by atoms with Crippen molar-refractivity contribution in [3.8, 4) is 0 Å². The molecule has 0 amide bonds. The molecule has 1 aliphatic carbocycles. The lowest BCUT2D eigenvalue weighted by molar-refractivity contribution is 0.412. The standard InChI is InChI=1S/C15H20N4/c1-2-12(3-1)14-11-19-7-4-13(10-15(19)17-14)18-8-5-16-6-9-18/h4,7,10-12,16H,1-3,5-6,8-9H2. The number of fused-ring (bicyclic) bond motifs is 1. The van der Waals surface area contributed by atoms with E-state index in [0.717, 1.165) is 31.8 Å². The fourth-order valence-electron chi connectivity index (χ4n) is 3.01. The first-order valence-electron chi connectivity index (χ1n) is 7.34. The molecule has 19 heavy (non-hydrogen) atoms. The van der Waals surface area contributed by atoms with Gasteiger partial charge in [-0.05, 0) is 18.9 Å². The summed E-state index contributed by atoms with van der Waals surface area (Å²) in [4.78, 5) is 7.25. The van der Waals surface area contributed by atoms with Gasteiger partial charge in [-0.1, -0.05) is 6.42 Å². The zero-order valence-corrected chi connectivity index (χ0v) is 11.2. The molecule has 1 saturated heterocycles. The number of imidazole rings is 1. The summed E-state index contributed by atoms with van der Waals surface area (Å²) in [6, 6.07) is 4.44. The van der Waals surface area contributed by atoms with Crippen molar-refractivity contribution < 1.29 is 0 Å². The Morgan fingerprint density at radius 3 is 2.79 bits per heavy atom. The highest BCUT2D eigenvalue weighted by Crippen LogP contribution is 2.35. The van der Waals surface area contributed by atoms with Gasteiger partial charge >= 0.3 is 0 Å². The minimum absolute atomic E-state index is 0.711. The molecule has 3 heterocycles. The highest BCUT2D eigenvalue weighted by Gasteiger charge is 2.22. The van der Waals surface area contributed by atoms with E-state index >= 15 is 0 Å². The normalized spacial score (nSPS) is 20.7. The first-order chi connectivity index (χ1) is 9.40. The molecule has 1 aliphatic heterocycles. The molecule has 2 aromatic heterocycles. The maximum atomic E-state index is 4.81. The predicted molar refractivity (Wildman–Crippen MR) is 76.9 cm³/mol. The summed E-state index contributed by atoms with van der Waals surface area (Å²) in [6.07, 6.45) is 8.36. The average Bonchev–Trinajstić information content (AvgIpc) is 2.79. The summed E-state index contributed by atoms with van der Waals surface area (Å²) in [5.41, 5.74) is 3.68. The summed E-state index contributed by atoms with van der Waals surface area (Å²) in [5.74, 6) is 0.711. The fraction of sp³-hybridized carbons (Fsp3) is 0.533. The summed E-state index contributed by atoms with van der Waals surface area (Å²) in [7, 11) is 0. The van der Waals surface area contributed by atoms with E-state index in [0.29, 0.717) is 5.92 Å². The van der Waals surface area contributed by atoms with Gasteiger partial charge in [-0.3, -0.25) is 0 Å². The molecule has 0 aromatic carbocycles. The monoisotopic (exact) mass is 256 g/mol. The summed E-state index contributed by atoms with van der Waals surface area (Å²) < 4.78 is 2.17. The fourth-order valence-corrected chi connectivity index (χ4v) is 3.01. The first-order valence-corrected chi connectivity index (χ1v) is 7.34. The minimum atomic E-state index is 0.711. The molecule has 4 nitrogen and oxygen atoms in total. The van der Waals surface area contributed by atoms with Gasteiger partial charge in [0.05, 0.1) is 5.69 Å². The second-order valence-electron chi connectivity index (χ2n) is 5.68. The van der Waals surface area contributed by atoms with Gasteiger partial charge < -0.3 is 14.6 Å². The van der Waals surface area contributed by atoms with Crippen molar-refractivity contribution >= 4 is 11.3 Å². The summed E-state index contributed by atoms with van der Waals surface area (Å²) >= 11 is 0. The maximum absolute atomic E-state index is 4.81. The smallest absolute Gasteiger partial charge is 0.139 e. The Kier molecular flexibility index (Phi) is 2.69. The Morgan fingerprint density at radius 1 is 1.21 bits per heavy atom. The Morgan fingerprint density at radius 2 is 2.05 bits per heavy atom. The number of anilines is 1. The lowest BCUT2D eigenvalue weighted by atomic mass is 9.83. The van der Waals surface area contributed by atoms with Crippen LogP contribution >= 0.6 is 0 Å². The molecule has 1 N–H and O–H groups in total. The van der Waals surface area contributed by atoms with E-state index in [1.54, 1.807) is 0 Å². The van der Waals surface area contributed by atoms with E-state index in [9.17, 15) is 0 Å². The first kappa shape index (κ1) is 11.3. The van der Waals surface area contributed by atoms with Crippen LogP contribution in [0, 0.1) is 0 Å². The number of pyridine rings is 1. The quantitative estimate of drug-likeness (QED) is 0.892. The van der Waals surface area contributed by atoms with Crippen molar-refractivity contribution in [1.29, 1.82) is 0 Å². The van der Waals surface area contributed by atoms with Crippen molar-refractivity contribution in [3.05, 3.63) is 30.2 Å². The SMILES string of the molecule is c1cn2cc(C3CCC3)nc2cc1N1CCNCC1. The van der Waals surface area contributed by atoms with Crippen LogP contribution in [-0.2, 0) is 0 Å². The number of aromatic nitrogens is 2. The molecule has 100 valence electrons. The van der Waals surface area contributed by atoms with Gasteiger partial charge in [-0.2, -0.15) is 0 Å². The van der Waals surface area contributed by atoms with E-state index < -0.39 is 0 Å². The van der Waals surface area contributed by atoms with Crippen molar-refractivity contribution in [2.24, 2.45) is 0 Å². The van der Waals surface area contributed by atoms with Gasteiger partial charge in [0.2, 0.25) is 0 Å². The molecule has 1 saturated carbocycles. The van der Waals surface area contributed by atoms with E-state index in [1.165, 1.54) is 30.6 Å². The van der Waals surface area contributed by atoms with E-state index in [1.807, 2.05) is 0 Å². The van der Waals surface area contributed by atoms with Crippen LogP contribution in [0.2, 0.25) is 0 Å². The van der Waals surface area contributed by atoms with Crippen LogP contribution in [0.5, 0.6) is 0 Å². The third kappa shape index (κ3) is 2.00. The van der Waals surface area contributed by atoms with E-state index in [2.05, 4.69) is 39.1 Å². The number of piperazine rings is 1. The van der Waals surface area contributed by atoms with E-state index in [-0.39, 0.29) is 0 Å². The Bertz CT molecular complexity index is 579. The van der Waals surface area contributed by atoms with Crippen LogP contribution in [0.1, 0.15) is 30.9 Å². The molecule has 4 rings (SSSR count). The lowest BCUT2D eigenvalue weighted by Crippen LogP contribution is -2.43. The Balaban J connectivity index is 1.65. The number of hydrogen-bond donors (Lipinski definition) is 1. The van der Waals surface area contributed by atoms with Gasteiger partial charge in [-0.15, -0.1) is 0 Å². The zero-order valence-electron chi connectivity index (χ0n) is 11.2. The topological polar surface area (TPSA) is 32.6 Å². The number of nitrogens with one attached hydrogen (secondary N) is 1. The molecular weight excluding hydrogens is 236 g/mol. The van der Waals surface area contributed by atoms with Crippen LogP contribution in [0.4, 0.5) is 5.69 Å². The van der Waals surface area contributed by atoms with Gasteiger partial charge in [0, 0.05) is 56.2 Å². The second kappa shape index (κ2) is 4.53. The van der Waals surface area contributed by atoms with Gasteiger partial charge in [-0.25, -0.2) is 4.98 Å². The minimum Gasteiger partial charge on any atom is -0.369 e.